The fourth-order valence-corrected chi connectivity index (χ4v) is 4.60. The van der Waals surface area contributed by atoms with Crippen molar-refractivity contribution < 1.29 is 9.59 Å². The SMILES string of the molecule is CCCCN1Cc2cc(-c3ccc(/C=C4/NC(=S)CC4=O)s3)ccc2C1=O. The Hall–Kier alpha value is -2.31. The molecule has 1 fully saturated rings. The first-order valence-corrected chi connectivity index (χ1v) is 10.3. The van der Waals surface area contributed by atoms with Gasteiger partial charge in [-0.15, -0.1) is 11.3 Å². The molecule has 1 aromatic carbocycles. The molecule has 6 heteroatoms. The molecule has 1 N–H and O–H groups in total. The first kappa shape index (κ1) is 18.1. The molecule has 0 atom stereocenters. The second kappa shape index (κ2) is 7.37. The maximum atomic E-state index is 12.5. The minimum Gasteiger partial charge on any atom is -0.347 e. The van der Waals surface area contributed by atoms with Crippen LogP contribution in [0.15, 0.2) is 36.0 Å². The van der Waals surface area contributed by atoms with Crippen molar-refractivity contribution in [2.45, 2.75) is 32.7 Å². The summed E-state index contributed by atoms with van der Waals surface area (Å²) in [6, 6.07) is 10.1. The van der Waals surface area contributed by atoms with Gasteiger partial charge in [-0.05, 0) is 47.9 Å². The maximum Gasteiger partial charge on any atom is 0.254 e. The van der Waals surface area contributed by atoms with Crippen LogP contribution < -0.4 is 5.32 Å². The number of allylic oxidation sites excluding steroid dienone is 1. The smallest absolute Gasteiger partial charge is 0.254 e. The highest BCUT2D eigenvalue weighted by Gasteiger charge is 2.27. The number of hydrogen-bond acceptors (Lipinski definition) is 4. The number of benzene rings is 1. The van der Waals surface area contributed by atoms with Gasteiger partial charge in [-0.25, -0.2) is 0 Å². The molecule has 2 aliphatic heterocycles. The highest BCUT2D eigenvalue weighted by molar-refractivity contribution is 7.80. The normalized spacial score (nSPS) is 17.7. The average molecular weight is 397 g/mol. The van der Waals surface area contributed by atoms with E-state index in [2.05, 4.69) is 24.4 Å². The van der Waals surface area contributed by atoms with Gasteiger partial charge in [0.2, 0.25) is 0 Å². The number of carbonyl (C=O) groups is 2. The Bertz CT molecular complexity index is 974. The van der Waals surface area contributed by atoms with Crippen LogP contribution in [0, 0.1) is 0 Å². The summed E-state index contributed by atoms with van der Waals surface area (Å²) >= 11 is 6.69. The van der Waals surface area contributed by atoms with E-state index < -0.39 is 0 Å². The Morgan fingerprint density at radius 3 is 2.85 bits per heavy atom. The summed E-state index contributed by atoms with van der Waals surface area (Å²) in [6.07, 6.45) is 4.28. The molecule has 4 nitrogen and oxygen atoms in total. The van der Waals surface area contributed by atoms with Crippen molar-refractivity contribution >= 4 is 46.3 Å². The minimum atomic E-state index is 0.0400. The lowest BCUT2D eigenvalue weighted by molar-refractivity contribution is -0.114. The lowest BCUT2D eigenvalue weighted by atomic mass is 10.1. The summed E-state index contributed by atoms with van der Waals surface area (Å²) in [5.74, 6) is 0.182. The molecule has 0 radical (unpaired) electrons. The fourth-order valence-electron chi connectivity index (χ4n) is 3.41. The van der Waals surface area contributed by atoms with Crippen LogP contribution in [0.1, 0.15) is 47.0 Å². The molecule has 2 aromatic rings. The maximum absolute atomic E-state index is 12.5. The van der Waals surface area contributed by atoms with Crippen molar-refractivity contribution in [1.29, 1.82) is 0 Å². The number of ketones is 1. The summed E-state index contributed by atoms with van der Waals surface area (Å²) in [6.45, 7) is 3.65. The first-order valence-electron chi connectivity index (χ1n) is 9.12. The van der Waals surface area contributed by atoms with E-state index in [1.54, 1.807) is 11.3 Å². The van der Waals surface area contributed by atoms with Crippen molar-refractivity contribution in [3.63, 3.8) is 0 Å². The Morgan fingerprint density at radius 1 is 1.26 bits per heavy atom. The van der Waals surface area contributed by atoms with E-state index in [-0.39, 0.29) is 11.7 Å². The number of nitrogens with one attached hydrogen (secondary N) is 1. The van der Waals surface area contributed by atoms with E-state index in [9.17, 15) is 9.59 Å². The predicted octanol–water partition coefficient (Wildman–Crippen LogP) is 4.40. The summed E-state index contributed by atoms with van der Waals surface area (Å²) in [7, 11) is 0. The Kier molecular flexibility index (Phi) is 4.93. The summed E-state index contributed by atoms with van der Waals surface area (Å²) in [5, 5.41) is 2.97. The Morgan fingerprint density at radius 2 is 2.11 bits per heavy atom. The van der Waals surface area contributed by atoms with Gasteiger partial charge in [-0.1, -0.05) is 31.6 Å². The minimum absolute atomic E-state index is 0.0400. The van der Waals surface area contributed by atoms with Gasteiger partial charge in [0.1, 0.15) is 0 Å². The molecule has 0 aliphatic carbocycles. The molecule has 0 bridgehead atoms. The Balaban J connectivity index is 1.56. The third-order valence-corrected chi connectivity index (χ3v) is 6.19. The van der Waals surface area contributed by atoms with Gasteiger partial charge < -0.3 is 10.2 Å². The molecule has 3 heterocycles. The van der Waals surface area contributed by atoms with Crippen molar-refractivity contribution in [3.8, 4) is 10.4 Å². The van der Waals surface area contributed by atoms with Crippen molar-refractivity contribution in [2.75, 3.05) is 6.54 Å². The number of fused-ring (bicyclic) bond motifs is 1. The van der Waals surface area contributed by atoms with E-state index in [0.717, 1.165) is 45.8 Å². The van der Waals surface area contributed by atoms with Gasteiger partial charge in [-0.2, -0.15) is 0 Å². The monoisotopic (exact) mass is 396 g/mol. The summed E-state index contributed by atoms with van der Waals surface area (Å²) in [4.78, 5) is 29.0. The molecule has 138 valence electrons. The van der Waals surface area contributed by atoms with Crippen LogP contribution in [0.5, 0.6) is 0 Å². The van der Waals surface area contributed by atoms with Crippen LogP contribution in [0.25, 0.3) is 16.5 Å². The zero-order valence-electron chi connectivity index (χ0n) is 15.1. The number of hydrogen-bond donors (Lipinski definition) is 1. The van der Waals surface area contributed by atoms with Crippen LogP contribution in [0.3, 0.4) is 0 Å². The van der Waals surface area contributed by atoms with E-state index in [1.807, 2.05) is 29.2 Å². The van der Waals surface area contributed by atoms with Crippen LogP contribution >= 0.6 is 23.6 Å². The second-order valence-electron chi connectivity index (χ2n) is 6.86. The highest BCUT2D eigenvalue weighted by Crippen LogP contribution is 2.33. The molecule has 2 aliphatic rings. The molecular formula is C21H20N2O2S2. The largest absolute Gasteiger partial charge is 0.347 e. The molecule has 0 spiro atoms. The van der Waals surface area contributed by atoms with Crippen molar-refractivity contribution in [3.05, 3.63) is 52.0 Å². The standard InChI is InChI=1S/C21H20N2O2S2/c1-2-3-8-23-12-14-9-13(4-6-16(14)21(23)25)19-7-5-15(27-19)10-17-18(24)11-20(26)22-17/h4-7,9-10H,2-3,8,11-12H2,1H3,(H,22,26)/b17-10+. The quantitative estimate of drug-likeness (QED) is 0.601. The summed E-state index contributed by atoms with van der Waals surface area (Å²) in [5.41, 5.74) is 3.59. The van der Waals surface area contributed by atoms with Crippen LogP contribution in [0.2, 0.25) is 0 Å². The average Bonchev–Trinajstić information content (AvgIpc) is 3.32. The van der Waals surface area contributed by atoms with Gasteiger partial charge in [0, 0.05) is 28.4 Å². The summed E-state index contributed by atoms with van der Waals surface area (Å²) < 4.78 is 0. The van der Waals surface area contributed by atoms with Crippen LogP contribution in [-0.2, 0) is 11.3 Å². The third-order valence-electron chi connectivity index (χ3n) is 4.86. The number of rotatable bonds is 5. The number of nitrogens with zero attached hydrogens (tertiary/aromatic N) is 1. The lowest BCUT2D eigenvalue weighted by Crippen LogP contribution is -2.24. The highest BCUT2D eigenvalue weighted by atomic mass is 32.1. The fraction of sp³-hybridized carbons (Fsp3) is 0.286. The number of thiocarbonyl (C=S) groups is 1. The third kappa shape index (κ3) is 3.59. The van der Waals surface area contributed by atoms with E-state index in [4.69, 9.17) is 12.2 Å². The Labute approximate surface area is 167 Å². The molecule has 0 saturated carbocycles. The number of thiophene rings is 1. The molecular weight excluding hydrogens is 376 g/mol. The molecule has 0 unspecified atom stereocenters. The van der Waals surface area contributed by atoms with E-state index >= 15 is 0 Å². The molecule has 1 aromatic heterocycles. The lowest BCUT2D eigenvalue weighted by Gasteiger charge is -2.14. The number of amides is 1. The van der Waals surface area contributed by atoms with Crippen molar-refractivity contribution in [1.82, 2.24) is 10.2 Å². The van der Waals surface area contributed by atoms with E-state index in [0.29, 0.717) is 23.7 Å². The van der Waals surface area contributed by atoms with Crippen LogP contribution in [-0.4, -0.2) is 28.1 Å². The van der Waals surface area contributed by atoms with Gasteiger partial charge in [0.05, 0.1) is 17.1 Å². The van der Waals surface area contributed by atoms with Gasteiger partial charge >= 0.3 is 0 Å². The molecule has 1 amide bonds. The van der Waals surface area contributed by atoms with Gasteiger partial charge in [0.15, 0.2) is 5.78 Å². The number of carbonyl (C=O) groups excluding carboxylic acids is 2. The van der Waals surface area contributed by atoms with E-state index in [1.165, 1.54) is 0 Å². The topological polar surface area (TPSA) is 49.4 Å². The number of Topliss-reactive ketones (excluding diaryl/α,β-unsaturated/α-hetero) is 1. The zero-order valence-corrected chi connectivity index (χ0v) is 16.7. The predicted molar refractivity (Wildman–Crippen MR) is 113 cm³/mol. The first-order chi connectivity index (χ1) is 13.0. The van der Waals surface area contributed by atoms with Gasteiger partial charge in [0.25, 0.3) is 5.91 Å². The second-order valence-corrected chi connectivity index (χ2v) is 8.47. The van der Waals surface area contributed by atoms with Crippen molar-refractivity contribution in [2.24, 2.45) is 0 Å². The molecule has 4 rings (SSSR count). The zero-order chi connectivity index (χ0) is 19.0. The molecule has 27 heavy (non-hydrogen) atoms. The number of unbranched alkanes of at least 4 members (excludes halogenated alkanes) is 1. The molecule has 1 saturated heterocycles. The van der Waals surface area contributed by atoms with Crippen LogP contribution in [0.4, 0.5) is 0 Å². The van der Waals surface area contributed by atoms with Gasteiger partial charge in [-0.3, -0.25) is 9.59 Å².